The smallest absolute Gasteiger partial charge is 0.234 e. The Morgan fingerprint density at radius 3 is 3.00 bits per heavy atom. The molecule has 0 aromatic carbocycles. The van der Waals surface area contributed by atoms with E-state index in [0.717, 1.165) is 0 Å². The first-order chi connectivity index (χ1) is 5.20. The summed E-state index contributed by atoms with van der Waals surface area (Å²) in [7, 11) is 0. The molecule has 1 aromatic rings. The van der Waals surface area contributed by atoms with Crippen LogP contribution in [0.2, 0.25) is 0 Å². The maximum Gasteiger partial charge on any atom is 0.234 e. The van der Waals surface area contributed by atoms with Gasteiger partial charge in [0.2, 0.25) is 6.54 Å². The number of hydrogen-bond donors (Lipinski definition) is 1. The number of hydrogen-bond acceptors (Lipinski definition) is 4. The zero-order valence-electron chi connectivity index (χ0n) is 5.64. The molecule has 0 fully saturated rings. The summed E-state index contributed by atoms with van der Waals surface area (Å²) in [5.41, 5.74) is 0. The minimum absolute atomic E-state index is 0.416. The Morgan fingerprint density at radius 1 is 1.82 bits per heavy atom. The highest BCUT2D eigenvalue weighted by Gasteiger charge is 2.13. The van der Waals surface area contributed by atoms with Crippen molar-refractivity contribution in [2.75, 3.05) is 6.54 Å². The van der Waals surface area contributed by atoms with E-state index in [9.17, 15) is 10.1 Å². The predicted molar refractivity (Wildman–Crippen MR) is 41.1 cm³/mol. The summed E-state index contributed by atoms with van der Waals surface area (Å²) in [6.45, 7) is -0.416. The van der Waals surface area contributed by atoms with Crippen LogP contribution < -0.4 is 0 Å². The van der Waals surface area contributed by atoms with Gasteiger partial charge in [-0.05, 0) is 11.4 Å². The summed E-state index contributed by atoms with van der Waals surface area (Å²) in [4.78, 5) is 10.1. The third-order valence-electron chi connectivity index (χ3n) is 1.19. The third-order valence-corrected chi connectivity index (χ3v) is 2.17. The zero-order valence-corrected chi connectivity index (χ0v) is 6.45. The highest BCUT2D eigenvalue weighted by atomic mass is 32.1. The molecule has 0 radical (unpaired) electrons. The van der Waals surface area contributed by atoms with Crippen molar-refractivity contribution in [2.45, 2.75) is 6.10 Å². The molecule has 1 aromatic heterocycles. The molecule has 0 aliphatic heterocycles. The van der Waals surface area contributed by atoms with Gasteiger partial charge in [0.1, 0.15) is 0 Å². The lowest BCUT2D eigenvalue weighted by atomic mass is 10.3. The number of nitrogens with zero attached hydrogens (tertiary/aromatic N) is 1. The van der Waals surface area contributed by atoms with Gasteiger partial charge in [0.25, 0.3) is 0 Å². The summed E-state index contributed by atoms with van der Waals surface area (Å²) < 4.78 is 0. The van der Waals surface area contributed by atoms with E-state index in [-0.39, 0.29) is 0 Å². The summed E-state index contributed by atoms with van der Waals surface area (Å²) in [5.74, 6) is 0. The number of rotatable bonds is 3. The summed E-state index contributed by atoms with van der Waals surface area (Å²) in [5, 5.41) is 20.9. The normalized spacial score (nSPS) is 12.8. The van der Waals surface area contributed by atoms with Crippen molar-refractivity contribution in [3.8, 4) is 0 Å². The monoisotopic (exact) mass is 173 g/mol. The summed E-state index contributed by atoms with van der Waals surface area (Å²) >= 11 is 1.32. The van der Waals surface area contributed by atoms with Crippen LogP contribution in [0.1, 0.15) is 11.0 Å². The van der Waals surface area contributed by atoms with Gasteiger partial charge in [-0.3, -0.25) is 10.1 Å². The van der Waals surface area contributed by atoms with Gasteiger partial charge in [0.15, 0.2) is 6.10 Å². The van der Waals surface area contributed by atoms with E-state index >= 15 is 0 Å². The second-order valence-corrected chi connectivity index (χ2v) is 3.03. The van der Waals surface area contributed by atoms with E-state index < -0.39 is 17.6 Å². The van der Waals surface area contributed by atoms with Crippen molar-refractivity contribution in [3.63, 3.8) is 0 Å². The van der Waals surface area contributed by atoms with Crippen LogP contribution in [0.3, 0.4) is 0 Å². The van der Waals surface area contributed by atoms with Crippen LogP contribution in [-0.4, -0.2) is 16.6 Å². The van der Waals surface area contributed by atoms with Crippen LogP contribution in [0.15, 0.2) is 17.5 Å². The average molecular weight is 173 g/mol. The van der Waals surface area contributed by atoms with E-state index in [1.54, 1.807) is 17.5 Å². The Bertz CT molecular complexity index is 234. The van der Waals surface area contributed by atoms with E-state index in [4.69, 9.17) is 5.11 Å². The fourth-order valence-corrected chi connectivity index (χ4v) is 1.42. The van der Waals surface area contributed by atoms with E-state index in [1.807, 2.05) is 0 Å². The van der Waals surface area contributed by atoms with Gasteiger partial charge in [0, 0.05) is 9.80 Å². The third kappa shape index (κ3) is 2.28. The van der Waals surface area contributed by atoms with Gasteiger partial charge >= 0.3 is 0 Å². The first kappa shape index (κ1) is 8.16. The van der Waals surface area contributed by atoms with Crippen LogP contribution >= 0.6 is 11.3 Å². The van der Waals surface area contributed by atoms with E-state index in [1.165, 1.54) is 11.3 Å². The molecule has 0 amide bonds. The lowest BCUT2D eigenvalue weighted by Gasteiger charge is -2.00. The molecular formula is C6H7NO3S. The SMILES string of the molecule is O=[N+]([O-])C[C@@H](O)c1cccs1. The van der Waals surface area contributed by atoms with Crippen molar-refractivity contribution in [2.24, 2.45) is 0 Å². The predicted octanol–water partition coefficient (Wildman–Crippen LogP) is 1.06. The molecule has 11 heavy (non-hydrogen) atoms. The highest BCUT2D eigenvalue weighted by molar-refractivity contribution is 7.10. The molecule has 0 spiro atoms. The Balaban J connectivity index is 2.56. The van der Waals surface area contributed by atoms with Crippen molar-refractivity contribution in [1.82, 2.24) is 0 Å². The van der Waals surface area contributed by atoms with Gasteiger partial charge < -0.3 is 5.11 Å². The van der Waals surface area contributed by atoms with Crippen molar-refractivity contribution in [3.05, 3.63) is 32.5 Å². The Morgan fingerprint density at radius 2 is 2.55 bits per heavy atom. The molecule has 0 bridgehead atoms. The second-order valence-electron chi connectivity index (χ2n) is 2.05. The molecule has 1 atom stereocenters. The lowest BCUT2D eigenvalue weighted by Crippen LogP contribution is -2.10. The zero-order chi connectivity index (χ0) is 8.27. The molecule has 0 aliphatic rings. The van der Waals surface area contributed by atoms with E-state index in [0.29, 0.717) is 4.88 Å². The second kappa shape index (κ2) is 3.45. The molecule has 0 saturated heterocycles. The maximum atomic E-state index is 9.96. The minimum atomic E-state index is -0.954. The van der Waals surface area contributed by atoms with E-state index in [2.05, 4.69) is 0 Å². The van der Waals surface area contributed by atoms with Gasteiger partial charge in [-0.1, -0.05) is 6.07 Å². The molecule has 1 rings (SSSR count). The largest absolute Gasteiger partial charge is 0.381 e. The number of nitro groups is 1. The highest BCUT2D eigenvalue weighted by Crippen LogP contribution is 2.18. The van der Waals surface area contributed by atoms with Crippen molar-refractivity contribution < 1.29 is 10.0 Å². The fraction of sp³-hybridized carbons (Fsp3) is 0.333. The van der Waals surface area contributed by atoms with Crippen molar-refractivity contribution >= 4 is 11.3 Å². The molecule has 0 saturated carbocycles. The number of aliphatic hydroxyl groups excluding tert-OH is 1. The molecule has 5 heteroatoms. The van der Waals surface area contributed by atoms with Gasteiger partial charge in [-0.15, -0.1) is 11.3 Å². The van der Waals surface area contributed by atoms with Crippen LogP contribution in [-0.2, 0) is 0 Å². The Kier molecular flexibility index (Phi) is 2.56. The fourth-order valence-electron chi connectivity index (χ4n) is 0.712. The van der Waals surface area contributed by atoms with Gasteiger partial charge in [-0.2, -0.15) is 0 Å². The number of thiophene rings is 1. The Labute approximate surface area is 67.2 Å². The van der Waals surface area contributed by atoms with Gasteiger partial charge in [0.05, 0.1) is 0 Å². The van der Waals surface area contributed by atoms with Crippen LogP contribution in [0.4, 0.5) is 0 Å². The maximum absolute atomic E-state index is 9.96. The first-order valence-corrected chi connectivity index (χ1v) is 3.91. The molecule has 1 N–H and O–H groups in total. The Hall–Kier alpha value is -0.940. The summed E-state index contributed by atoms with van der Waals surface area (Å²) in [6.07, 6.45) is -0.954. The topological polar surface area (TPSA) is 63.4 Å². The van der Waals surface area contributed by atoms with Crippen molar-refractivity contribution in [1.29, 1.82) is 0 Å². The quantitative estimate of drug-likeness (QED) is 0.549. The van der Waals surface area contributed by atoms with Gasteiger partial charge in [-0.25, -0.2) is 0 Å². The molecule has 0 unspecified atom stereocenters. The standard InChI is InChI=1S/C6H7NO3S/c8-5(4-7(9)10)6-2-1-3-11-6/h1-3,5,8H,4H2/t5-/m1/s1. The lowest BCUT2D eigenvalue weighted by molar-refractivity contribution is -0.491. The van der Waals surface area contributed by atoms with Crippen LogP contribution in [0, 0.1) is 10.1 Å². The molecule has 0 aliphatic carbocycles. The molecule has 4 nitrogen and oxygen atoms in total. The molecule has 1 heterocycles. The van der Waals surface area contributed by atoms with Crippen LogP contribution in [0.25, 0.3) is 0 Å². The minimum Gasteiger partial charge on any atom is -0.381 e. The summed E-state index contributed by atoms with van der Waals surface area (Å²) in [6, 6.07) is 3.43. The van der Waals surface area contributed by atoms with Crippen LogP contribution in [0.5, 0.6) is 0 Å². The molecule has 60 valence electrons. The molecular weight excluding hydrogens is 166 g/mol. The average Bonchev–Trinajstić information content (AvgIpc) is 2.35. The number of aliphatic hydroxyl groups is 1. The first-order valence-electron chi connectivity index (χ1n) is 3.03.